The van der Waals surface area contributed by atoms with Crippen LogP contribution in [0.3, 0.4) is 0 Å². The predicted octanol–water partition coefficient (Wildman–Crippen LogP) is 2.53. The predicted molar refractivity (Wildman–Crippen MR) is 119 cm³/mol. The van der Waals surface area contributed by atoms with Crippen LogP contribution in [-0.2, 0) is 15.4 Å². The van der Waals surface area contributed by atoms with Gasteiger partial charge in [-0.1, -0.05) is 19.9 Å². The molecule has 25 heavy (non-hydrogen) atoms. The molecule has 0 unspecified atom stereocenters. The van der Waals surface area contributed by atoms with Crippen molar-refractivity contribution in [1.82, 2.24) is 15.4 Å². The highest BCUT2D eigenvalue weighted by Crippen LogP contribution is 2.26. The second-order valence-corrected chi connectivity index (χ2v) is 9.86. The number of nitrogens with one attached hydrogen (secondary N) is 3. The van der Waals surface area contributed by atoms with E-state index in [1.165, 1.54) is 4.88 Å². The van der Waals surface area contributed by atoms with Crippen molar-refractivity contribution in [2.45, 2.75) is 45.6 Å². The Kier molecular flexibility index (Phi) is 9.92. The third-order valence-corrected chi connectivity index (χ3v) is 5.48. The van der Waals surface area contributed by atoms with Gasteiger partial charge in [0.1, 0.15) is 0 Å². The number of hydrogen-bond acceptors (Lipinski definition) is 4. The third-order valence-electron chi connectivity index (χ3n) is 3.32. The molecule has 0 aliphatic rings. The van der Waals surface area contributed by atoms with Crippen LogP contribution in [-0.4, -0.2) is 45.8 Å². The maximum absolute atomic E-state index is 11.4. The number of sulfonamides is 1. The second kappa shape index (κ2) is 10.1. The molecule has 1 rings (SSSR count). The summed E-state index contributed by atoms with van der Waals surface area (Å²) in [6, 6.07) is 4.19. The minimum atomic E-state index is -3.27. The van der Waals surface area contributed by atoms with Gasteiger partial charge in [-0.05, 0) is 32.2 Å². The molecule has 0 saturated heterocycles. The fourth-order valence-electron chi connectivity index (χ4n) is 2.21. The van der Waals surface area contributed by atoms with Crippen molar-refractivity contribution < 1.29 is 8.42 Å². The molecule has 3 N–H and O–H groups in total. The molecule has 0 radical (unpaired) electrons. The lowest BCUT2D eigenvalue weighted by atomic mass is 9.91. The quantitative estimate of drug-likeness (QED) is 0.290. The topological polar surface area (TPSA) is 82.6 Å². The van der Waals surface area contributed by atoms with Crippen LogP contribution >= 0.6 is 35.3 Å². The number of hydrogen-bond donors (Lipinski definition) is 3. The van der Waals surface area contributed by atoms with Crippen LogP contribution in [0.15, 0.2) is 22.5 Å². The summed E-state index contributed by atoms with van der Waals surface area (Å²) in [5.41, 5.74) is -0.649. The summed E-state index contributed by atoms with van der Waals surface area (Å²) in [5.74, 6) is 0.686. The fraction of sp³-hybridized carbons (Fsp3) is 0.688. The Balaban J connectivity index is 0.00000576. The van der Waals surface area contributed by atoms with Gasteiger partial charge < -0.3 is 10.6 Å². The summed E-state index contributed by atoms with van der Waals surface area (Å²) in [5, 5.41) is 8.63. The normalized spacial score (nSPS) is 13.3. The molecule has 1 aromatic rings. The molecule has 6 nitrogen and oxygen atoms in total. The Bertz CT molecular complexity index is 641. The van der Waals surface area contributed by atoms with Gasteiger partial charge in [-0.2, -0.15) is 0 Å². The van der Waals surface area contributed by atoms with Gasteiger partial charge in [0.05, 0.1) is 12.8 Å². The molecule has 0 amide bonds. The first-order valence-electron chi connectivity index (χ1n) is 8.00. The minimum absolute atomic E-state index is 0. The Labute approximate surface area is 173 Å². The van der Waals surface area contributed by atoms with E-state index in [9.17, 15) is 8.42 Å². The number of thiophene rings is 1. The van der Waals surface area contributed by atoms with E-state index in [-0.39, 0.29) is 29.4 Å². The minimum Gasteiger partial charge on any atom is -0.357 e. The van der Waals surface area contributed by atoms with Gasteiger partial charge in [-0.15, -0.1) is 35.3 Å². The maximum atomic E-state index is 11.4. The first kappa shape index (κ1) is 24.6. The molecule has 0 spiro atoms. The first-order chi connectivity index (χ1) is 11.0. The average Bonchev–Trinajstić information content (AvgIpc) is 2.94. The molecule has 0 aromatic carbocycles. The highest BCUT2D eigenvalue weighted by Gasteiger charge is 2.24. The van der Waals surface area contributed by atoms with Crippen LogP contribution in [0.1, 0.15) is 39.5 Å². The van der Waals surface area contributed by atoms with Crippen molar-refractivity contribution in [2.24, 2.45) is 4.99 Å². The van der Waals surface area contributed by atoms with E-state index in [4.69, 9.17) is 0 Å². The van der Waals surface area contributed by atoms with E-state index in [0.717, 1.165) is 19.3 Å². The molecule has 1 heterocycles. The van der Waals surface area contributed by atoms with Crippen LogP contribution in [0.2, 0.25) is 0 Å². The third kappa shape index (κ3) is 9.76. The van der Waals surface area contributed by atoms with Crippen molar-refractivity contribution in [3.05, 3.63) is 22.4 Å². The van der Waals surface area contributed by atoms with Crippen molar-refractivity contribution in [3.8, 4) is 0 Å². The van der Waals surface area contributed by atoms with Crippen molar-refractivity contribution in [1.29, 1.82) is 0 Å². The van der Waals surface area contributed by atoms with E-state index in [1.54, 1.807) is 11.3 Å². The molecule has 0 fully saturated rings. The Morgan fingerprint density at radius 1 is 1.24 bits per heavy atom. The average molecular weight is 502 g/mol. The second-order valence-electron chi connectivity index (χ2n) is 7.17. The van der Waals surface area contributed by atoms with E-state index in [1.807, 2.05) is 20.8 Å². The highest BCUT2D eigenvalue weighted by atomic mass is 127. The molecule has 0 aliphatic heterocycles. The van der Waals surface area contributed by atoms with Crippen molar-refractivity contribution >= 4 is 51.3 Å². The Hall–Kier alpha value is -0.390. The lowest BCUT2D eigenvalue weighted by molar-refractivity contribution is 0.463. The largest absolute Gasteiger partial charge is 0.357 e. The standard InChI is InChI=1S/C16H30N4O2S2.HI/c1-7-17-14(19-12-16(4,5)20-24(6,21)22)18-11-15(2,3)13-9-8-10-23-13;/h8-10,20H,7,11-12H2,1-6H3,(H2,17,18,19);1H. The monoisotopic (exact) mass is 502 g/mol. The molecule has 0 atom stereocenters. The number of guanidine groups is 1. The molecular formula is C16H31IN4O2S2. The Morgan fingerprint density at radius 3 is 2.36 bits per heavy atom. The summed E-state index contributed by atoms with van der Waals surface area (Å²) >= 11 is 1.74. The van der Waals surface area contributed by atoms with Crippen LogP contribution in [0, 0.1) is 0 Å². The number of aliphatic imine (C=N–C) groups is 1. The van der Waals surface area contributed by atoms with Gasteiger partial charge in [0.2, 0.25) is 10.0 Å². The van der Waals surface area contributed by atoms with Gasteiger partial charge in [-0.25, -0.2) is 13.1 Å². The molecular weight excluding hydrogens is 471 g/mol. The fourth-order valence-corrected chi connectivity index (χ4v) is 4.13. The van der Waals surface area contributed by atoms with Crippen LogP contribution in [0.5, 0.6) is 0 Å². The van der Waals surface area contributed by atoms with Crippen LogP contribution in [0.4, 0.5) is 0 Å². The Morgan fingerprint density at radius 2 is 1.88 bits per heavy atom. The first-order valence-corrected chi connectivity index (χ1v) is 10.8. The lowest BCUT2D eigenvalue weighted by Gasteiger charge is -2.26. The molecule has 1 aromatic heterocycles. The molecule has 0 saturated carbocycles. The summed E-state index contributed by atoms with van der Waals surface area (Å²) in [4.78, 5) is 5.83. The zero-order valence-corrected chi connectivity index (χ0v) is 19.8. The summed E-state index contributed by atoms with van der Waals surface area (Å²) in [7, 11) is -3.27. The van der Waals surface area contributed by atoms with Crippen molar-refractivity contribution in [2.75, 3.05) is 25.9 Å². The van der Waals surface area contributed by atoms with Gasteiger partial charge in [-0.3, -0.25) is 4.99 Å². The summed E-state index contributed by atoms with van der Waals surface area (Å²) in [6.07, 6.45) is 1.16. The summed E-state index contributed by atoms with van der Waals surface area (Å²) in [6.45, 7) is 11.8. The van der Waals surface area contributed by atoms with E-state index >= 15 is 0 Å². The molecule has 0 bridgehead atoms. The van der Waals surface area contributed by atoms with Gasteiger partial charge in [0.15, 0.2) is 5.96 Å². The molecule has 0 aliphatic carbocycles. The van der Waals surface area contributed by atoms with Crippen molar-refractivity contribution in [3.63, 3.8) is 0 Å². The highest BCUT2D eigenvalue weighted by molar-refractivity contribution is 14.0. The number of halogens is 1. The maximum Gasteiger partial charge on any atom is 0.209 e. The zero-order valence-electron chi connectivity index (χ0n) is 15.8. The lowest BCUT2D eigenvalue weighted by Crippen LogP contribution is -2.47. The number of rotatable bonds is 8. The van der Waals surface area contributed by atoms with Gasteiger partial charge >= 0.3 is 0 Å². The van der Waals surface area contributed by atoms with Gasteiger partial charge in [0, 0.05) is 28.9 Å². The molecule has 146 valence electrons. The smallest absolute Gasteiger partial charge is 0.209 e. The van der Waals surface area contributed by atoms with Gasteiger partial charge in [0.25, 0.3) is 0 Å². The van der Waals surface area contributed by atoms with Crippen LogP contribution < -0.4 is 15.4 Å². The zero-order chi connectivity index (χ0) is 18.4. The van der Waals surface area contributed by atoms with E-state index < -0.39 is 15.6 Å². The summed E-state index contributed by atoms with van der Waals surface area (Å²) < 4.78 is 25.4. The number of nitrogens with zero attached hydrogens (tertiary/aromatic N) is 1. The van der Waals surface area contributed by atoms with Crippen LogP contribution in [0.25, 0.3) is 0 Å². The SMILES string of the molecule is CCNC(=NCC(C)(C)NS(C)(=O)=O)NCC(C)(C)c1cccs1.I. The molecule has 9 heteroatoms. The van der Waals surface area contributed by atoms with E-state index in [0.29, 0.717) is 12.5 Å². The van der Waals surface area contributed by atoms with E-state index in [2.05, 4.69) is 51.7 Å².